The Hall–Kier alpha value is -3.40. The lowest BCUT2D eigenvalue weighted by Crippen LogP contribution is -2.40. The fraction of sp³-hybridized carbons (Fsp3) is 0.0909. The van der Waals surface area contributed by atoms with Crippen molar-refractivity contribution in [3.8, 4) is 0 Å². The van der Waals surface area contributed by atoms with Crippen molar-refractivity contribution >= 4 is 17.4 Å². The second-order valence-corrected chi connectivity index (χ2v) is 6.16. The molecule has 26 heavy (non-hydrogen) atoms. The molecule has 0 radical (unpaired) electrons. The highest BCUT2D eigenvalue weighted by molar-refractivity contribution is 6.12. The Morgan fingerprint density at radius 1 is 0.808 bits per heavy atom. The molecule has 0 bridgehead atoms. The zero-order chi connectivity index (χ0) is 18.6. The van der Waals surface area contributed by atoms with E-state index in [9.17, 15) is 14.7 Å². The van der Waals surface area contributed by atoms with Gasteiger partial charge in [-0.15, -0.1) is 0 Å². The zero-order valence-electron chi connectivity index (χ0n) is 14.3. The summed E-state index contributed by atoms with van der Waals surface area (Å²) in [5.74, 6) is -1.18. The minimum absolute atomic E-state index is 0.158. The number of hydrogen-bond donors (Lipinski definition) is 2. The Morgan fingerprint density at radius 2 is 1.35 bits per heavy atom. The molecule has 0 aromatic heterocycles. The van der Waals surface area contributed by atoms with Gasteiger partial charge in [0, 0.05) is 16.8 Å². The van der Waals surface area contributed by atoms with Gasteiger partial charge in [-0.3, -0.25) is 4.79 Å². The average Bonchev–Trinajstić information content (AvgIpc) is 2.69. The van der Waals surface area contributed by atoms with Crippen LogP contribution in [0.5, 0.6) is 0 Å². The first-order valence-corrected chi connectivity index (χ1v) is 8.28. The number of carboxylic acids is 1. The second kappa shape index (κ2) is 7.23. The minimum atomic E-state index is -1.37. The van der Waals surface area contributed by atoms with Gasteiger partial charge in [-0.2, -0.15) is 0 Å². The van der Waals surface area contributed by atoms with Gasteiger partial charge in [0.05, 0.1) is 0 Å². The van der Waals surface area contributed by atoms with Gasteiger partial charge in [0.25, 0.3) is 0 Å². The monoisotopic (exact) mass is 345 g/mol. The number of carbonyl (C=O) groups is 2. The van der Waals surface area contributed by atoms with Crippen LogP contribution in [0, 0.1) is 0 Å². The van der Waals surface area contributed by atoms with Crippen LogP contribution in [0.15, 0.2) is 84.9 Å². The smallest absolute Gasteiger partial charge is 0.333 e. The standard InChI is InChI=1S/C22H19NO3/c1-22(21(25)26,17-12-6-3-7-13-17)23-19-15-9-8-14-18(19)20(24)16-10-4-2-5-11-16/h2-15,23H,1H3,(H,25,26)/t22-/m0/s1. The first kappa shape index (κ1) is 17.4. The predicted molar refractivity (Wildman–Crippen MR) is 101 cm³/mol. The normalized spacial score (nSPS) is 12.8. The fourth-order valence-corrected chi connectivity index (χ4v) is 2.83. The van der Waals surface area contributed by atoms with Crippen molar-refractivity contribution in [3.63, 3.8) is 0 Å². The molecule has 3 aromatic carbocycles. The number of ketones is 1. The quantitative estimate of drug-likeness (QED) is 0.653. The maximum atomic E-state index is 12.9. The highest BCUT2D eigenvalue weighted by atomic mass is 16.4. The van der Waals surface area contributed by atoms with Crippen LogP contribution in [-0.2, 0) is 10.3 Å². The van der Waals surface area contributed by atoms with E-state index in [-0.39, 0.29) is 5.78 Å². The molecule has 0 saturated carbocycles. The largest absolute Gasteiger partial charge is 0.479 e. The molecule has 0 saturated heterocycles. The number of carboxylic acid groups (broad SMARTS) is 1. The summed E-state index contributed by atoms with van der Waals surface area (Å²) < 4.78 is 0. The number of aliphatic carboxylic acids is 1. The number of carbonyl (C=O) groups excluding carboxylic acids is 1. The van der Waals surface area contributed by atoms with Gasteiger partial charge in [0.1, 0.15) is 0 Å². The van der Waals surface area contributed by atoms with Crippen molar-refractivity contribution in [1.29, 1.82) is 0 Å². The Bertz CT molecular complexity index is 922. The molecule has 2 N–H and O–H groups in total. The first-order valence-electron chi connectivity index (χ1n) is 8.28. The number of nitrogens with one attached hydrogen (secondary N) is 1. The fourth-order valence-electron chi connectivity index (χ4n) is 2.83. The Balaban J connectivity index is 2.02. The Kier molecular flexibility index (Phi) is 4.85. The average molecular weight is 345 g/mol. The van der Waals surface area contributed by atoms with Crippen LogP contribution in [0.4, 0.5) is 5.69 Å². The molecule has 0 fully saturated rings. The maximum absolute atomic E-state index is 12.9. The SMILES string of the molecule is C[C@@](Nc1ccccc1C(=O)c1ccccc1)(C(=O)O)c1ccccc1. The van der Waals surface area contributed by atoms with E-state index in [1.165, 1.54) is 0 Å². The number of benzene rings is 3. The lowest BCUT2D eigenvalue weighted by Gasteiger charge is -2.29. The van der Waals surface area contributed by atoms with Gasteiger partial charge >= 0.3 is 5.97 Å². The molecule has 0 heterocycles. The van der Waals surface area contributed by atoms with Crippen molar-refractivity contribution in [2.75, 3.05) is 5.32 Å². The van der Waals surface area contributed by atoms with E-state index in [2.05, 4.69) is 5.32 Å². The summed E-state index contributed by atoms with van der Waals surface area (Å²) in [6, 6.07) is 24.8. The molecule has 3 aromatic rings. The zero-order valence-corrected chi connectivity index (χ0v) is 14.3. The summed E-state index contributed by atoms with van der Waals surface area (Å²) >= 11 is 0. The summed E-state index contributed by atoms with van der Waals surface area (Å²) in [4.78, 5) is 24.9. The van der Waals surface area contributed by atoms with E-state index in [1.807, 2.05) is 12.1 Å². The highest BCUT2D eigenvalue weighted by Crippen LogP contribution is 2.29. The van der Waals surface area contributed by atoms with Crippen molar-refractivity contribution in [1.82, 2.24) is 0 Å². The van der Waals surface area contributed by atoms with E-state index < -0.39 is 11.5 Å². The van der Waals surface area contributed by atoms with E-state index in [0.717, 1.165) is 0 Å². The predicted octanol–water partition coefficient (Wildman–Crippen LogP) is 4.33. The van der Waals surface area contributed by atoms with Gasteiger partial charge in [-0.05, 0) is 24.6 Å². The van der Waals surface area contributed by atoms with Crippen molar-refractivity contribution in [3.05, 3.63) is 102 Å². The van der Waals surface area contributed by atoms with Gasteiger partial charge in [-0.1, -0.05) is 72.8 Å². The van der Waals surface area contributed by atoms with Gasteiger partial charge in [-0.25, -0.2) is 4.79 Å². The van der Waals surface area contributed by atoms with Crippen LogP contribution in [0.1, 0.15) is 28.4 Å². The van der Waals surface area contributed by atoms with Crippen LogP contribution >= 0.6 is 0 Å². The van der Waals surface area contributed by atoms with Gasteiger partial charge in [0.2, 0.25) is 0 Å². The van der Waals surface area contributed by atoms with Gasteiger partial charge in [0.15, 0.2) is 11.3 Å². The first-order chi connectivity index (χ1) is 12.5. The molecule has 0 unspecified atom stereocenters. The summed E-state index contributed by atoms with van der Waals surface area (Å²) in [7, 11) is 0. The minimum Gasteiger partial charge on any atom is -0.479 e. The van der Waals surface area contributed by atoms with Gasteiger partial charge < -0.3 is 10.4 Å². The van der Waals surface area contributed by atoms with Crippen LogP contribution in [-0.4, -0.2) is 16.9 Å². The van der Waals surface area contributed by atoms with Crippen LogP contribution in [0.2, 0.25) is 0 Å². The van der Waals surface area contributed by atoms with E-state index >= 15 is 0 Å². The van der Waals surface area contributed by atoms with E-state index in [4.69, 9.17) is 0 Å². The summed E-state index contributed by atoms with van der Waals surface area (Å²) in [5, 5.41) is 12.9. The molecular formula is C22H19NO3. The molecule has 0 amide bonds. The number of anilines is 1. The molecule has 3 rings (SSSR count). The molecule has 0 spiro atoms. The van der Waals surface area contributed by atoms with Crippen molar-refractivity contribution in [2.24, 2.45) is 0 Å². The molecule has 130 valence electrons. The molecule has 0 aliphatic carbocycles. The van der Waals surface area contributed by atoms with E-state index in [1.54, 1.807) is 79.7 Å². The maximum Gasteiger partial charge on any atom is 0.333 e. The number of rotatable bonds is 6. The third-order valence-electron chi connectivity index (χ3n) is 4.37. The molecule has 4 heteroatoms. The van der Waals surface area contributed by atoms with E-state index in [0.29, 0.717) is 22.4 Å². The molecule has 0 aliphatic rings. The van der Waals surface area contributed by atoms with Crippen LogP contribution in [0.25, 0.3) is 0 Å². The highest BCUT2D eigenvalue weighted by Gasteiger charge is 2.36. The Morgan fingerprint density at radius 3 is 1.96 bits per heavy atom. The lowest BCUT2D eigenvalue weighted by atomic mass is 9.90. The molecule has 4 nitrogen and oxygen atoms in total. The topological polar surface area (TPSA) is 66.4 Å². The van der Waals surface area contributed by atoms with Crippen LogP contribution < -0.4 is 5.32 Å². The van der Waals surface area contributed by atoms with Crippen LogP contribution in [0.3, 0.4) is 0 Å². The Labute approximate surface area is 152 Å². The summed E-state index contributed by atoms with van der Waals surface area (Å²) in [6.45, 7) is 1.59. The number of hydrogen-bond acceptors (Lipinski definition) is 3. The molecular weight excluding hydrogens is 326 g/mol. The molecule has 1 atom stereocenters. The number of para-hydroxylation sites is 1. The van der Waals surface area contributed by atoms with Crippen molar-refractivity contribution < 1.29 is 14.7 Å². The third kappa shape index (κ3) is 3.35. The summed E-state index contributed by atoms with van der Waals surface area (Å²) in [5.41, 5.74) is 0.707. The summed E-state index contributed by atoms with van der Waals surface area (Å²) in [6.07, 6.45) is 0. The second-order valence-electron chi connectivity index (χ2n) is 6.16. The lowest BCUT2D eigenvalue weighted by molar-refractivity contribution is -0.142. The van der Waals surface area contributed by atoms with Crippen molar-refractivity contribution in [2.45, 2.75) is 12.5 Å². The molecule has 0 aliphatic heterocycles. The third-order valence-corrected chi connectivity index (χ3v) is 4.37.